The van der Waals surface area contributed by atoms with Gasteiger partial charge in [0.2, 0.25) is 0 Å². The van der Waals surface area contributed by atoms with Crippen LogP contribution in [0.1, 0.15) is 43.7 Å². The number of methoxy groups -OCH3 is 2. The van der Waals surface area contributed by atoms with Gasteiger partial charge in [-0.2, -0.15) is 0 Å². The van der Waals surface area contributed by atoms with E-state index in [9.17, 15) is 9.59 Å². The molecule has 0 unspecified atom stereocenters. The van der Waals surface area contributed by atoms with Crippen LogP contribution in [0.25, 0.3) is 0 Å². The zero-order valence-electron chi connectivity index (χ0n) is 19.1. The van der Waals surface area contributed by atoms with Crippen LogP contribution in [0.15, 0.2) is 35.5 Å². The Morgan fingerprint density at radius 2 is 1.84 bits per heavy atom. The van der Waals surface area contributed by atoms with Crippen molar-refractivity contribution in [3.8, 4) is 5.75 Å². The fraction of sp³-hybridized carbons (Fsp3) is 0.583. The Labute approximate surface area is 189 Å². The lowest BCUT2D eigenvalue weighted by atomic mass is 9.94. The van der Waals surface area contributed by atoms with Gasteiger partial charge in [0.25, 0.3) is 0 Å². The first-order chi connectivity index (χ1) is 15.6. The van der Waals surface area contributed by atoms with Gasteiger partial charge >= 0.3 is 12.0 Å². The second-order valence-electron chi connectivity index (χ2n) is 8.80. The Hall–Kier alpha value is -2.58. The van der Waals surface area contributed by atoms with Crippen molar-refractivity contribution in [3.63, 3.8) is 0 Å². The summed E-state index contributed by atoms with van der Waals surface area (Å²) < 4.78 is 10.4. The molecule has 0 radical (unpaired) electrons. The van der Waals surface area contributed by atoms with Crippen molar-refractivity contribution in [2.75, 3.05) is 46.9 Å². The first-order valence-corrected chi connectivity index (χ1v) is 11.6. The lowest BCUT2D eigenvalue weighted by molar-refractivity contribution is -0.136. The number of likely N-dealkylation sites (tertiary alicyclic amines) is 2. The Morgan fingerprint density at radius 3 is 2.53 bits per heavy atom. The maximum Gasteiger partial charge on any atom is 0.338 e. The van der Waals surface area contributed by atoms with Crippen LogP contribution in [0.5, 0.6) is 5.75 Å². The molecule has 8 nitrogen and oxygen atoms in total. The van der Waals surface area contributed by atoms with E-state index >= 15 is 0 Å². The SMILES string of the molecule is COC(=O)C1=C(CN2CCC(N3CCCCC3)CC2)NC(=O)N[C@@H]1c1cccc(OC)c1. The molecule has 4 rings (SSSR count). The van der Waals surface area contributed by atoms with Crippen molar-refractivity contribution in [1.82, 2.24) is 20.4 Å². The average Bonchev–Trinajstić information content (AvgIpc) is 2.84. The van der Waals surface area contributed by atoms with Crippen molar-refractivity contribution in [3.05, 3.63) is 41.1 Å². The van der Waals surface area contributed by atoms with Crippen LogP contribution in [-0.4, -0.2) is 74.8 Å². The quantitative estimate of drug-likeness (QED) is 0.659. The number of rotatable bonds is 6. The fourth-order valence-corrected chi connectivity index (χ4v) is 5.11. The Balaban J connectivity index is 1.52. The minimum absolute atomic E-state index is 0.316. The fourth-order valence-electron chi connectivity index (χ4n) is 5.11. The molecule has 2 saturated heterocycles. The second-order valence-corrected chi connectivity index (χ2v) is 8.80. The topological polar surface area (TPSA) is 83.1 Å². The van der Waals surface area contributed by atoms with E-state index in [2.05, 4.69) is 20.4 Å². The number of carbonyl (C=O) groups is 2. The standard InChI is InChI=1S/C24H34N4O4/c1-31-19-8-6-7-17(15-19)22-21(23(29)32-2)20(25-24(30)26-22)16-27-13-9-18(10-14-27)28-11-4-3-5-12-28/h6-8,15,18,22H,3-5,9-14,16H2,1-2H3,(H2,25,26,30)/t22-/m1/s1. The summed E-state index contributed by atoms with van der Waals surface area (Å²) in [7, 11) is 2.96. The number of amides is 2. The van der Waals surface area contributed by atoms with Gasteiger partial charge in [-0.3, -0.25) is 4.90 Å². The zero-order chi connectivity index (χ0) is 22.5. The van der Waals surface area contributed by atoms with Crippen molar-refractivity contribution in [1.29, 1.82) is 0 Å². The van der Waals surface area contributed by atoms with E-state index in [1.54, 1.807) is 7.11 Å². The summed E-state index contributed by atoms with van der Waals surface area (Å²) in [6.07, 6.45) is 6.20. The number of carbonyl (C=O) groups excluding carboxylic acids is 2. The third-order valence-electron chi connectivity index (χ3n) is 6.83. The third-order valence-corrected chi connectivity index (χ3v) is 6.83. The van der Waals surface area contributed by atoms with Crippen LogP contribution >= 0.6 is 0 Å². The molecule has 0 aliphatic carbocycles. The van der Waals surface area contributed by atoms with Crippen molar-refractivity contribution < 1.29 is 19.1 Å². The van der Waals surface area contributed by atoms with Crippen LogP contribution in [0.2, 0.25) is 0 Å². The number of urea groups is 1. The van der Waals surface area contributed by atoms with E-state index in [1.807, 2.05) is 24.3 Å². The van der Waals surface area contributed by atoms with E-state index in [0.29, 0.717) is 29.6 Å². The largest absolute Gasteiger partial charge is 0.497 e. The highest BCUT2D eigenvalue weighted by molar-refractivity contribution is 5.95. The Kier molecular flexibility index (Phi) is 7.32. The predicted molar refractivity (Wildman–Crippen MR) is 121 cm³/mol. The molecule has 0 aromatic heterocycles. The van der Waals surface area contributed by atoms with Gasteiger partial charge in [-0.05, 0) is 56.5 Å². The van der Waals surface area contributed by atoms with E-state index < -0.39 is 12.0 Å². The van der Waals surface area contributed by atoms with Crippen molar-refractivity contribution >= 4 is 12.0 Å². The Morgan fingerprint density at radius 1 is 1.09 bits per heavy atom. The molecule has 1 atom stereocenters. The summed E-state index contributed by atoms with van der Waals surface area (Å²) in [6, 6.07) is 7.14. The van der Waals surface area contributed by atoms with Gasteiger partial charge in [-0.15, -0.1) is 0 Å². The summed E-state index contributed by atoms with van der Waals surface area (Å²) in [4.78, 5) is 30.3. The summed E-state index contributed by atoms with van der Waals surface area (Å²) in [6.45, 7) is 4.85. The summed E-state index contributed by atoms with van der Waals surface area (Å²) >= 11 is 0. The molecular weight excluding hydrogens is 408 g/mol. The molecule has 1 aromatic rings. The minimum atomic E-state index is -0.591. The predicted octanol–water partition coefficient (Wildman–Crippen LogP) is 2.43. The van der Waals surface area contributed by atoms with Gasteiger partial charge in [0.05, 0.1) is 25.8 Å². The normalized spacial score (nSPS) is 23.4. The van der Waals surface area contributed by atoms with Crippen LogP contribution in [-0.2, 0) is 9.53 Å². The van der Waals surface area contributed by atoms with Gasteiger partial charge in [0.1, 0.15) is 5.75 Å². The van der Waals surface area contributed by atoms with Crippen LogP contribution < -0.4 is 15.4 Å². The van der Waals surface area contributed by atoms with Crippen LogP contribution in [0.4, 0.5) is 4.79 Å². The number of hydrogen-bond donors (Lipinski definition) is 2. The molecular formula is C24H34N4O4. The summed E-state index contributed by atoms with van der Waals surface area (Å²) in [5, 5.41) is 5.75. The molecule has 1 aromatic carbocycles. The molecule has 3 aliphatic rings. The summed E-state index contributed by atoms with van der Waals surface area (Å²) in [5.41, 5.74) is 1.84. The molecule has 0 saturated carbocycles. The molecule has 3 heterocycles. The molecule has 2 amide bonds. The molecule has 174 valence electrons. The van der Waals surface area contributed by atoms with Gasteiger partial charge in [-0.25, -0.2) is 9.59 Å². The number of hydrogen-bond acceptors (Lipinski definition) is 6. The first-order valence-electron chi connectivity index (χ1n) is 11.6. The van der Waals surface area contributed by atoms with E-state index in [-0.39, 0.29) is 6.03 Å². The van der Waals surface area contributed by atoms with Gasteiger partial charge in [0, 0.05) is 31.4 Å². The van der Waals surface area contributed by atoms with Gasteiger partial charge in [0.15, 0.2) is 0 Å². The highest BCUT2D eigenvalue weighted by atomic mass is 16.5. The number of nitrogens with zero attached hydrogens (tertiary/aromatic N) is 2. The molecule has 3 aliphatic heterocycles. The Bertz CT molecular complexity index is 857. The van der Waals surface area contributed by atoms with Crippen LogP contribution in [0, 0.1) is 0 Å². The number of nitrogens with one attached hydrogen (secondary N) is 2. The van der Waals surface area contributed by atoms with E-state index in [4.69, 9.17) is 9.47 Å². The van der Waals surface area contributed by atoms with Crippen LogP contribution in [0.3, 0.4) is 0 Å². The minimum Gasteiger partial charge on any atom is -0.497 e. The average molecular weight is 443 g/mol. The lowest BCUT2D eigenvalue weighted by Gasteiger charge is -2.41. The number of benzene rings is 1. The molecule has 0 bridgehead atoms. The second kappa shape index (κ2) is 10.4. The van der Waals surface area contributed by atoms with Gasteiger partial charge < -0.3 is 25.0 Å². The number of piperidine rings is 2. The number of esters is 1. The monoisotopic (exact) mass is 442 g/mol. The number of ether oxygens (including phenoxy) is 2. The summed E-state index contributed by atoms with van der Waals surface area (Å²) in [5.74, 6) is 0.226. The van der Waals surface area contributed by atoms with Crippen molar-refractivity contribution in [2.45, 2.75) is 44.2 Å². The highest BCUT2D eigenvalue weighted by Gasteiger charge is 2.35. The third kappa shape index (κ3) is 5.07. The highest BCUT2D eigenvalue weighted by Crippen LogP contribution is 2.30. The smallest absolute Gasteiger partial charge is 0.338 e. The maximum atomic E-state index is 12.8. The molecule has 0 spiro atoms. The molecule has 2 fully saturated rings. The molecule has 2 N–H and O–H groups in total. The maximum absolute atomic E-state index is 12.8. The van der Waals surface area contributed by atoms with Crippen molar-refractivity contribution in [2.24, 2.45) is 0 Å². The van der Waals surface area contributed by atoms with Gasteiger partial charge in [-0.1, -0.05) is 18.6 Å². The molecule has 8 heteroatoms. The zero-order valence-corrected chi connectivity index (χ0v) is 19.1. The molecule has 32 heavy (non-hydrogen) atoms. The van der Waals surface area contributed by atoms with E-state index in [1.165, 1.54) is 39.5 Å². The lowest BCUT2D eigenvalue weighted by Crippen LogP contribution is -2.51. The first kappa shape index (κ1) is 22.6. The van der Waals surface area contributed by atoms with E-state index in [0.717, 1.165) is 31.5 Å².